The lowest BCUT2D eigenvalue weighted by atomic mass is 9.95. The molecular weight excluding hydrogens is 403 g/mol. The SMILES string of the molecule is CN(C)CCN(C)C(=O)c1c2c(c(O)c(=O)n1C)C(=O)N(Cc1ccc(F)cc1)CC2. The van der Waals surface area contributed by atoms with Gasteiger partial charge in [0.25, 0.3) is 17.4 Å². The molecule has 1 aliphatic heterocycles. The molecule has 1 N–H and O–H groups in total. The van der Waals surface area contributed by atoms with E-state index in [1.54, 1.807) is 19.2 Å². The second kappa shape index (κ2) is 8.89. The minimum Gasteiger partial charge on any atom is -0.502 e. The topological polar surface area (TPSA) is 86.1 Å². The van der Waals surface area contributed by atoms with Crippen molar-refractivity contribution in [3.63, 3.8) is 0 Å². The molecule has 0 fully saturated rings. The maximum absolute atomic E-state index is 13.2. The van der Waals surface area contributed by atoms with E-state index in [0.29, 0.717) is 31.6 Å². The first kappa shape index (κ1) is 22.5. The Morgan fingerprint density at radius 2 is 1.77 bits per heavy atom. The summed E-state index contributed by atoms with van der Waals surface area (Å²) < 4.78 is 14.3. The highest BCUT2D eigenvalue weighted by Crippen LogP contribution is 2.29. The standard InChI is InChI=1S/C22H27FN4O4/c1-24(2)11-12-25(3)21(30)18-16-9-10-27(13-14-5-7-15(23)8-6-14)20(29)17(16)19(28)22(31)26(18)4/h5-8,28H,9-13H2,1-4H3. The number of carbonyl (C=O) groups is 2. The van der Waals surface area contributed by atoms with Crippen LogP contribution in [-0.2, 0) is 20.0 Å². The van der Waals surface area contributed by atoms with Gasteiger partial charge in [0.15, 0.2) is 5.75 Å². The number of pyridine rings is 1. The molecule has 2 heterocycles. The van der Waals surface area contributed by atoms with Crippen molar-refractivity contribution < 1.29 is 19.1 Å². The van der Waals surface area contributed by atoms with Gasteiger partial charge in [-0.3, -0.25) is 14.4 Å². The van der Waals surface area contributed by atoms with Crippen LogP contribution >= 0.6 is 0 Å². The summed E-state index contributed by atoms with van der Waals surface area (Å²) in [5.41, 5.74) is 0.303. The maximum Gasteiger partial charge on any atom is 0.293 e. The molecule has 0 saturated heterocycles. The van der Waals surface area contributed by atoms with Gasteiger partial charge in [0.05, 0.1) is 5.56 Å². The number of hydrogen-bond donors (Lipinski definition) is 1. The van der Waals surface area contributed by atoms with Gasteiger partial charge < -0.3 is 24.4 Å². The van der Waals surface area contributed by atoms with Gasteiger partial charge in [0, 0.05) is 45.8 Å². The third kappa shape index (κ3) is 4.46. The van der Waals surface area contributed by atoms with Crippen LogP contribution in [-0.4, -0.2) is 77.0 Å². The van der Waals surface area contributed by atoms with E-state index >= 15 is 0 Å². The van der Waals surface area contributed by atoms with Crippen molar-refractivity contribution in [1.82, 2.24) is 19.3 Å². The number of nitrogens with zero attached hydrogens (tertiary/aromatic N) is 4. The second-order valence-electron chi connectivity index (χ2n) is 8.05. The van der Waals surface area contributed by atoms with Crippen LogP contribution in [0.4, 0.5) is 4.39 Å². The molecule has 9 heteroatoms. The molecule has 8 nitrogen and oxygen atoms in total. The smallest absolute Gasteiger partial charge is 0.293 e. The zero-order chi connectivity index (χ0) is 22.9. The number of fused-ring (bicyclic) bond motifs is 1. The Hall–Kier alpha value is -3.20. The van der Waals surface area contributed by atoms with Crippen molar-refractivity contribution in [2.24, 2.45) is 7.05 Å². The molecule has 3 rings (SSSR count). The molecule has 1 aliphatic rings. The van der Waals surface area contributed by atoms with Crippen LogP contribution in [0.1, 0.15) is 32.0 Å². The van der Waals surface area contributed by atoms with E-state index < -0.39 is 17.2 Å². The second-order valence-corrected chi connectivity index (χ2v) is 8.05. The Kier molecular flexibility index (Phi) is 6.45. The third-order valence-corrected chi connectivity index (χ3v) is 5.52. The van der Waals surface area contributed by atoms with E-state index in [-0.39, 0.29) is 29.5 Å². The van der Waals surface area contributed by atoms with Crippen LogP contribution in [0.2, 0.25) is 0 Å². The summed E-state index contributed by atoms with van der Waals surface area (Å²) in [5.74, 6) is -1.93. The highest BCUT2D eigenvalue weighted by atomic mass is 19.1. The van der Waals surface area contributed by atoms with Gasteiger partial charge in [-0.25, -0.2) is 4.39 Å². The first-order chi connectivity index (χ1) is 14.6. The molecule has 31 heavy (non-hydrogen) atoms. The number of amides is 2. The lowest BCUT2D eigenvalue weighted by molar-refractivity contribution is 0.0718. The quantitative estimate of drug-likeness (QED) is 0.741. The monoisotopic (exact) mass is 430 g/mol. The molecule has 2 aromatic rings. The summed E-state index contributed by atoms with van der Waals surface area (Å²) in [4.78, 5) is 43.8. The van der Waals surface area contributed by atoms with E-state index in [1.807, 2.05) is 19.0 Å². The van der Waals surface area contributed by atoms with E-state index in [9.17, 15) is 23.9 Å². The van der Waals surface area contributed by atoms with Crippen LogP contribution in [0.3, 0.4) is 0 Å². The molecule has 0 unspecified atom stereocenters. The van der Waals surface area contributed by atoms with Gasteiger partial charge in [-0.15, -0.1) is 0 Å². The van der Waals surface area contributed by atoms with Crippen LogP contribution in [0.15, 0.2) is 29.1 Å². The summed E-state index contributed by atoms with van der Waals surface area (Å²) >= 11 is 0. The van der Waals surface area contributed by atoms with Crippen LogP contribution in [0.5, 0.6) is 5.75 Å². The molecule has 0 spiro atoms. The molecule has 1 aromatic carbocycles. The van der Waals surface area contributed by atoms with Gasteiger partial charge in [0.2, 0.25) is 0 Å². The van der Waals surface area contributed by atoms with Gasteiger partial charge in [-0.05, 0) is 38.2 Å². The summed E-state index contributed by atoms with van der Waals surface area (Å²) in [5, 5.41) is 10.5. The first-order valence-corrected chi connectivity index (χ1v) is 10.0. The summed E-state index contributed by atoms with van der Waals surface area (Å²) in [7, 11) is 6.85. The fourth-order valence-electron chi connectivity index (χ4n) is 3.68. The lowest BCUT2D eigenvalue weighted by Crippen LogP contribution is -2.43. The predicted molar refractivity (Wildman–Crippen MR) is 114 cm³/mol. The first-order valence-electron chi connectivity index (χ1n) is 10.0. The van der Waals surface area contributed by atoms with E-state index in [1.165, 1.54) is 29.0 Å². The third-order valence-electron chi connectivity index (χ3n) is 5.52. The number of carbonyl (C=O) groups excluding carboxylic acids is 2. The Labute approximate surface area is 180 Å². The van der Waals surface area contributed by atoms with Crippen LogP contribution < -0.4 is 5.56 Å². The van der Waals surface area contributed by atoms with Crippen molar-refractivity contribution in [1.29, 1.82) is 0 Å². The van der Waals surface area contributed by atoms with E-state index in [2.05, 4.69) is 0 Å². The summed E-state index contributed by atoms with van der Waals surface area (Å²) in [6.45, 7) is 1.60. The molecule has 2 amide bonds. The number of likely N-dealkylation sites (N-methyl/N-ethyl adjacent to an activating group) is 2. The Bertz CT molecular complexity index is 1060. The van der Waals surface area contributed by atoms with E-state index in [0.717, 1.165) is 10.1 Å². The minimum atomic E-state index is -0.792. The van der Waals surface area contributed by atoms with Crippen molar-refractivity contribution in [2.45, 2.75) is 13.0 Å². The number of benzene rings is 1. The van der Waals surface area contributed by atoms with E-state index in [4.69, 9.17) is 0 Å². The Morgan fingerprint density at radius 1 is 1.13 bits per heavy atom. The highest BCUT2D eigenvalue weighted by molar-refractivity contribution is 6.03. The zero-order valence-corrected chi connectivity index (χ0v) is 18.2. The molecule has 166 valence electrons. The molecule has 0 aliphatic carbocycles. The summed E-state index contributed by atoms with van der Waals surface area (Å²) in [6.07, 6.45) is 0.312. The zero-order valence-electron chi connectivity index (χ0n) is 18.2. The number of halogens is 1. The van der Waals surface area contributed by atoms with Crippen molar-refractivity contribution in [3.8, 4) is 5.75 Å². The molecule has 1 aromatic heterocycles. The molecule has 0 saturated carbocycles. The number of hydrogen-bond acceptors (Lipinski definition) is 5. The van der Waals surface area contributed by atoms with Gasteiger partial charge in [-0.2, -0.15) is 0 Å². The number of rotatable bonds is 6. The Balaban J connectivity index is 1.98. The number of aromatic hydroxyl groups is 1. The van der Waals surface area contributed by atoms with Gasteiger partial charge in [0.1, 0.15) is 11.5 Å². The predicted octanol–water partition coefficient (Wildman–Crippen LogP) is 1.06. The van der Waals surface area contributed by atoms with Gasteiger partial charge >= 0.3 is 0 Å². The van der Waals surface area contributed by atoms with Gasteiger partial charge in [-0.1, -0.05) is 12.1 Å². The molecule has 0 atom stereocenters. The molecule has 0 bridgehead atoms. The minimum absolute atomic E-state index is 0.119. The lowest BCUT2D eigenvalue weighted by Gasteiger charge is -2.31. The van der Waals surface area contributed by atoms with Crippen LogP contribution in [0, 0.1) is 5.82 Å². The average molecular weight is 430 g/mol. The maximum atomic E-state index is 13.2. The van der Waals surface area contributed by atoms with Crippen LogP contribution in [0.25, 0.3) is 0 Å². The highest BCUT2D eigenvalue weighted by Gasteiger charge is 2.34. The fourth-order valence-corrected chi connectivity index (χ4v) is 3.68. The normalized spacial score (nSPS) is 13.5. The van der Waals surface area contributed by atoms with Crippen molar-refractivity contribution in [3.05, 3.63) is 62.8 Å². The van der Waals surface area contributed by atoms with Crippen molar-refractivity contribution in [2.75, 3.05) is 40.8 Å². The number of aromatic nitrogens is 1. The molecular formula is C22H27FN4O4. The largest absolute Gasteiger partial charge is 0.502 e. The average Bonchev–Trinajstić information content (AvgIpc) is 2.73. The molecule has 0 radical (unpaired) electrons. The van der Waals surface area contributed by atoms with Crippen molar-refractivity contribution >= 4 is 11.8 Å². The Morgan fingerprint density at radius 3 is 2.39 bits per heavy atom. The summed E-state index contributed by atoms with van der Waals surface area (Å²) in [6, 6.07) is 5.78. The fraction of sp³-hybridized carbons (Fsp3) is 0.409.